The first-order chi connectivity index (χ1) is 11.5. The van der Waals surface area contributed by atoms with E-state index in [0.717, 1.165) is 24.0 Å². The van der Waals surface area contributed by atoms with Gasteiger partial charge in [-0.1, -0.05) is 0 Å². The number of nitrogens with zero attached hydrogens (tertiary/aromatic N) is 4. The van der Waals surface area contributed by atoms with Crippen LogP contribution in [0.4, 0.5) is 13.2 Å². The molecule has 3 aromatic rings. The van der Waals surface area contributed by atoms with Crippen LogP contribution in [0.15, 0.2) is 51.3 Å². The van der Waals surface area contributed by atoms with Gasteiger partial charge in [0, 0.05) is 23.5 Å². The fraction of sp³-hybridized carbons (Fsp3) is 0.143. The van der Waals surface area contributed by atoms with Crippen molar-refractivity contribution in [3.63, 3.8) is 0 Å². The van der Waals surface area contributed by atoms with Gasteiger partial charge in [-0.25, -0.2) is 9.97 Å². The van der Waals surface area contributed by atoms with Crippen molar-refractivity contribution in [3.05, 3.63) is 42.2 Å². The summed E-state index contributed by atoms with van der Waals surface area (Å²) in [6, 6.07) is 7.69. The van der Waals surface area contributed by atoms with Gasteiger partial charge in [0.05, 0.1) is 7.11 Å². The summed E-state index contributed by atoms with van der Waals surface area (Å²) in [5.41, 5.74) is -0.380. The topological polar surface area (TPSA) is 73.9 Å². The second kappa shape index (κ2) is 6.48. The van der Waals surface area contributed by atoms with E-state index in [-0.39, 0.29) is 16.3 Å². The Morgan fingerprint density at radius 2 is 1.83 bits per heavy atom. The highest BCUT2D eigenvalue weighted by molar-refractivity contribution is 7.98. The minimum Gasteiger partial charge on any atom is -0.497 e. The molecule has 0 bridgehead atoms. The van der Waals surface area contributed by atoms with E-state index in [1.54, 1.807) is 31.4 Å². The van der Waals surface area contributed by atoms with Crippen molar-refractivity contribution in [3.8, 4) is 17.2 Å². The molecule has 0 spiro atoms. The lowest BCUT2D eigenvalue weighted by atomic mass is 10.2. The molecule has 3 rings (SSSR count). The first-order valence-corrected chi connectivity index (χ1v) is 7.33. The number of benzene rings is 1. The summed E-state index contributed by atoms with van der Waals surface area (Å²) in [6.07, 6.45) is -3.51. The lowest BCUT2D eigenvalue weighted by Crippen LogP contribution is -2.08. The Hall–Kier alpha value is -2.62. The summed E-state index contributed by atoms with van der Waals surface area (Å²) in [4.78, 5) is 7.19. The molecule has 0 saturated carbocycles. The molecule has 0 radical (unpaired) electrons. The van der Waals surface area contributed by atoms with Crippen molar-refractivity contribution in [2.24, 2.45) is 0 Å². The molecule has 0 atom stereocenters. The molecule has 24 heavy (non-hydrogen) atoms. The monoisotopic (exact) mass is 354 g/mol. The van der Waals surface area contributed by atoms with Crippen LogP contribution in [0, 0.1) is 0 Å². The molecule has 0 saturated heterocycles. The number of halogens is 3. The number of hydrogen-bond donors (Lipinski definition) is 0. The number of hydrogen-bond acceptors (Lipinski definition) is 7. The van der Waals surface area contributed by atoms with Gasteiger partial charge in [0.2, 0.25) is 5.89 Å². The van der Waals surface area contributed by atoms with Crippen LogP contribution in [-0.4, -0.2) is 27.3 Å². The third-order valence-electron chi connectivity index (χ3n) is 2.85. The zero-order valence-electron chi connectivity index (χ0n) is 12.1. The molecule has 2 aromatic heterocycles. The highest BCUT2D eigenvalue weighted by atomic mass is 32.2. The second-order valence-corrected chi connectivity index (χ2v) is 5.34. The van der Waals surface area contributed by atoms with Gasteiger partial charge in [-0.15, -0.1) is 10.2 Å². The van der Waals surface area contributed by atoms with Crippen LogP contribution < -0.4 is 4.74 Å². The highest BCUT2D eigenvalue weighted by Crippen LogP contribution is 2.31. The molecule has 0 fully saturated rings. The predicted molar refractivity (Wildman–Crippen MR) is 77.4 cm³/mol. The van der Waals surface area contributed by atoms with Crippen molar-refractivity contribution in [1.29, 1.82) is 0 Å². The van der Waals surface area contributed by atoms with E-state index in [9.17, 15) is 13.2 Å². The predicted octanol–water partition coefficient (Wildman–Crippen LogP) is 3.71. The van der Waals surface area contributed by atoms with E-state index in [2.05, 4.69) is 20.2 Å². The van der Waals surface area contributed by atoms with E-state index in [1.165, 1.54) is 0 Å². The molecule has 0 unspecified atom stereocenters. The number of methoxy groups -OCH3 is 1. The molecular weight excluding hydrogens is 345 g/mol. The molecule has 0 N–H and O–H groups in total. The fourth-order valence-electron chi connectivity index (χ4n) is 1.73. The fourth-order valence-corrected chi connectivity index (χ4v) is 2.34. The van der Waals surface area contributed by atoms with Crippen LogP contribution in [0.5, 0.6) is 5.75 Å². The Bertz CT molecular complexity index is 837. The minimum absolute atomic E-state index is 0.0418. The summed E-state index contributed by atoms with van der Waals surface area (Å²) in [5.74, 6) is 0.900. The zero-order chi connectivity index (χ0) is 17.2. The molecule has 124 valence electrons. The van der Waals surface area contributed by atoms with E-state index in [0.29, 0.717) is 11.3 Å². The molecule has 0 aliphatic heterocycles. The van der Waals surface area contributed by atoms with Gasteiger partial charge in [0.1, 0.15) is 11.4 Å². The SMILES string of the molecule is COc1ccc(-c2nnc(Sc3nccc(C(F)(F)F)n3)o2)cc1. The molecular formula is C14H9F3N4O2S. The van der Waals surface area contributed by atoms with Gasteiger partial charge < -0.3 is 9.15 Å². The normalized spacial score (nSPS) is 11.5. The molecule has 2 heterocycles. The molecule has 0 aliphatic rings. The van der Waals surface area contributed by atoms with Crippen LogP contribution in [0.1, 0.15) is 5.69 Å². The first-order valence-electron chi connectivity index (χ1n) is 6.52. The van der Waals surface area contributed by atoms with E-state index in [4.69, 9.17) is 9.15 Å². The van der Waals surface area contributed by atoms with Crippen molar-refractivity contribution in [2.75, 3.05) is 7.11 Å². The summed E-state index contributed by atoms with van der Waals surface area (Å²) in [5, 5.41) is 7.54. The Morgan fingerprint density at radius 3 is 2.50 bits per heavy atom. The smallest absolute Gasteiger partial charge is 0.433 e. The summed E-state index contributed by atoms with van der Waals surface area (Å²) in [7, 11) is 1.55. The van der Waals surface area contributed by atoms with Crippen molar-refractivity contribution in [1.82, 2.24) is 20.2 Å². The molecule has 1 aromatic carbocycles. The number of alkyl halides is 3. The maximum Gasteiger partial charge on any atom is 0.433 e. The van der Waals surface area contributed by atoms with Crippen LogP contribution >= 0.6 is 11.8 Å². The Morgan fingerprint density at radius 1 is 1.08 bits per heavy atom. The third-order valence-corrected chi connectivity index (χ3v) is 3.56. The molecule has 0 amide bonds. The van der Waals surface area contributed by atoms with Crippen LogP contribution in [0.3, 0.4) is 0 Å². The average Bonchev–Trinajstić information content (AvgIpc) is 3.03. The molecule has 10 heteroatoms. The maximum absolute atomic E-state index is 12.6. The van der Waals surface area contributed by atoms with Gasteiger partial charge in [-0.05, 0) is 30.3 Å². The molecule has 6 nitrogen and oxygen atoms in total. The summed E-state index contributed by atoms with van der Waals surface area (Å²) >= 11 is 0.754. The van der Waals surface area contributed by atoms with Gasteiger partial charge in [-0.2, -0.15) is 13.2 Å². The zero-order valence-corrected chi connectivity index (χ0v) is 12.9. The van der Waals surface area contributed by atoms with Gasteiger partial charge >= 0.3 is 6.18 Å². The molecule has 0 aliphatic carbocycles. The third kappa shape index (κ3) is 3.65. The largest absolute Gasteiger partial charge is 0.497 e. The maximum atomic E-state index is 12.6. The van der Waals surface area contributed by atoms with Crippen molar-refractivity contribution < 1.29 is 22.3 Å². The van der Waals surface area contributed by atoms with Gasteiger partial charge in [-0.3, -0.25) is 0 Å². The summed E-state index contributed by atoms with van der Waals surface area (Å²) in [6.45, 7) is 0. The van der Waals surface area contributed by atoms with E-state index in [1.807, 2.05) is 0 Å². The second-order valence-electron chi connectivity index (χ2n) is 4.43. The average molecular weight is 354 g/mol. The number of ether oxygens (including phenoxy) is 1. The Kier molecular flexibility index (Phi) is 4.38. The van der Waals surface area contributed by atoms with Crippen LogP contribution in [0.2, 0.25) is 0 Å². The van der Waals surface area contributed by atoms with Gasteiger partial charge in [0.15, 0.2) is 5.16 Å². The van der Waals surface area contributed by atoms with Gasteiger partial charge in [0.25, 0.3) is 5.22 Å². The highest BCUT2D eigenvalue weighted by Gasteiger charge is 2.33. The lowest BCUT2D eigenvalue weighted by Gasteiger charge is -2.05. The van der Waals surface area contributed by atoms with Crippen molar-refractivity contribution >= 4 is 11.8 Å². The number of aromatic nitrogens is 4. The minimum atomic E-state index is -4.54. The van der Waals surface area contributed by atoms with Crippen LogP contribution in [-0.2, 0) is 6.18 Å². The van der Waals surface area contributed by atoms with E-state index >= 15 is 0 Å². The van der Waals surface area contributed by atoms with Crippen molar-refractivity contribution in [2.45, 2.75) is 16.6 Å². The van der Waals surface area contributed by atoms with Crippen LogP contribution in [0.25, 0.3) is 11.5 Å². The Labute approximate surface area is 138 Å². The van der Waals surface area contributed by atoms with E-state index < -0.39 is 11.9 Å². The first kappa shape index (κ1) is 16.2. The summed E-state index contributed by atoms with van der Waals surface area (Å²) < 4.78 is 48.4. The number of rotatable bonds is 4. The quantitative estimate of drug-likeness (QED) is 0.661. The Balaban J connectivity index is 1.79. The standard InChI is InChI=1S/C14H9F3N4O2S/c1-22-9-4-2-8(3-5-9)11-20-21-13(23-11)24-12-18-7-6-10(19-12)14(15,16)17/h2-7H,1H3. The lowest BCUT2D eigenvalue weighted by molar-refractivity contribution is -0.141.